The topological polar surface area (TPSA) is 157 Å². The molecule has 46 heavy (non-hydrogen) atoms. The lowest BCUT2D eigenvalue weighted by Gasteiger charge is -2.36. The number of aromatic nitrogens is 3. The second kappa shape index (κ2) is 11.9. The van der Waals surface area contributed by atoms with Gasteiger partial charge in [-0.3, -0.25) is 14.7 Å². The number of fused-ring (bicyclic) bond motifs is 1. The van der Waals surface area contributed by atoms with Gasteiger partial charge in [0.2, 0.25) is 15.8 Å². The lowest BCUT2D eigenvalue weighted by Crippen LogP contribution is -2.45. The van der Waals surface area contributed by atoms with E-state index in [1.807, 2.05) is 7.05 Å². The minimum atomic E-state index is -4.33. The second-order valence-corrected chi connectivity index (χ2v) is 13.9. The van der Waals surface area contributed by atoms with Crippen LogP contribution >= 0.6 is 0 Å². The minimum Gasteiger partial charge on any atom is -0.369 e. The predicted molar refractivity (Wildman–Crippen MR) is 164 cm³/mol. The second-order valence-electron chi connectivity index (χ2n) is 12.0. The summed E-state index contributed by atoms with van der Waals surface area (Å²) in [6, 6.07) is 8.62. The number of nitrogens with one attached hydrogen (secondary N) is 3. The summed E-state index contributed by atoms with van der Waals surface area (Å²) in [6.07, 6.45) is 1.33. The van der Waals surface area contributed by atoms with Gasteiger partial charge in [-0.2, -0.15) is 9.40 Å². The molecule has 0 bridgehead atoms. The summed E-state index contributed by atoms with van der Waals surface area (Å²) in [4.78, 5) is 30.5. The fourth-order valence-electron chi connectivity index (χ4n) is 5.72. The molecular weight excluding hydrogens is 622 g/mol. The molecule has 2 aromatic heterocycles. The SMILES string of the molecule is CN1CCN(c2ccc(C(=O)Nc3n[nH]c4c3CN(S(=O)(=O)c3cc(F)cc(F)c3)CC4(C)C)c(NC(=O)c3ccno3)c2)CC1. The van der Waals surface area contributed by atoms with Crippen LogP contribution in [0.2, 0.25) is 0 Å². The number of benzene rings is 2. The molecule has 2 aliphatic rings. The Labute approximate surface area is 263 Å². The van der Waals surface area contributed by atoms with Gasteiger partial charge >= 0.3 is 0 Å². The van der Waals surface area contributed by atoms with E-state index < -0.39 is 43.8 Å². The van der Waals surface area contributed by atoms with E-state index in [4.69, 9.17) is 4.52 Å². The summed E-state index contributed by atoms with van der Waals surface area (Å²) in [5.41, 5.74) is 1.35. The third-order valence-corrected chi connectivity index (χ3v) is 9.95. The number of H-pyrrole nitrogens is 1. The van der Waals surface area contributed by atoms with E-state index >= 15 is 0 Å². The van der Waals surface area contributed by atoms with E-state index in [9.17, 15) is 26.8 Å². The summed E-state index contributed by atoms with van der Waals surface area (Å²) in [6.45, 7) is 6.56. The summed E-state index contributed by atoms with van der Waals surface area (Å²) < 4.78 is 61.0. The average Bonchev–Trinajstić information content (AvgIpc) is 3.68. The molecule has 0 saturated carbocycles. The number of sulfonamides is 1. The van der Waals surface area contributed by atoms with Crippen LogP contribution in [0, 0.1) is 11.6 Å². The standard InChI is InChI=1S/C30H32F2N8O5S/c1-30(2)17-40(46(43,44)21-13-18(31)12-19(32)14-21)16-23-26(30)36-37-27(23)35-28(41)22-5-4-20(39-10-8-38(3)9-11-39)15-24(22)34-29(42)25-6-7-33-45-25/h4-7,12-15H,8-11,16-17H2,1-3H3,(H,34,42)(H2,35,36,37,41). The van der Waals surface area contributed by atoms with Crippen LogP contribution in [0.5, 0.6) is 0 Å². The molecule has 2 aliphatic heterocycles. The molecule has 2 aromatic carbocycles. The zero-order valence-corrected chi connectivity index (χ0v) is 26.1. The summed E-state index contributed by atoms with van der Waals surface area (Å²) in [5, 5.41) is 16.3. The fourth-order valence-corrected chi connectivity index (χ4v) is 7.33. The monoisotopic (exact) mass is 654 g/mol. The normalized spacial score (nSPS) is 17.0. The van der Waals surface area contributed by atoms with Gasteiger partial charge in [0.25, 0.3) is 11.8 Å². The van der Waals surface area contributed by atoms with E-state index in [1.165, 1.54) is 12.3 Å². The Kier molecular flexibility index (Phi) is 8.12. The number of piperazine rings is 1. The van der Waals surface area contributed by atoms with Gasteiger partial charge in [-0.1, -0.05) is 19.0 Å². The maximum Gasteiger partial charge on any atom is 0.294 e. The van der Waals surface area contributed by atoms with Crippen molar-refractivity contribution in [2.75, 3.05) is 55.3 Å². The summed E-state index contributed by atoms with van der Waals surface area (Å²) in [7, 11) is -2.29. The van der Waals surface area contributed by atoms with Crippen molar-refractivity contribution in [3.63, 3.8) is 0 Å². The first-order valence-corrected chi connectivity index (χ1v) is 15.9. The number of halogens is 2. The number of carbonyl (C=O) groups excluding carboxylic acids is 2. The summed E-state index contributed by atoms with van der Waals surface area (Å²) in [5.74, 6) is -3.21. The van der Waals surface area contributed by atoms with E-state index in [0.717, 1.165) is 48.3 Å². The van der Waals surface area contributed by atoms with E-state index in [0.29, 0.717) is 17.3 Å². The Morgan fingerprint density at radius 3 is 2.37 bits per heavy atom. The first kappa shape index (κ1) is 31.3. The van der Waals surface area contributed by atoms with Crippen molar-refractivity contribution in [1.82, 2.24) is 24.6 Å². The van der Waals surface area contributed by atoms with Crippen molar-refractivity contribution in [2.24, 2.45) is 0 Å². The van der Waals surface area contributed by atoms with Gasteiger partial charge in [-0.15, -0.1) is 0 Å². The molecule has 3 N–H and O–H groups in total. The van der Waals surface area contributed by atoms with Crippen molar-refractivity contribution in [1.29, 1.82) is 0 Å². The molecule has 4 aromatic rings. The van der Waals surface area contributed by atoms with Gasteiger partial charge in [0, 0.05) is 73.8 Å². The zero-order chi connectivity index (χ0) is 32.8. The molecule has 242 valence electrons. The summed E-state index contributed by atoms with van der Waals surface area (Å²) >= 11 is 0. The molecule has 4 heterocycles. The predicted octanol–water partition coefficient (Wildman–Crippen LogP) is 3.41. The quantitative estimate of drug-likeness (QED) is 0.272. The van der Waals surface area contributed by atoms with Gasteiger partial charge < -0.3 is 25.0 Å². The van der Waals surface area contributed by atoms with Crippen LogP contribution in [0.3, 0.4) is 0 Å². The number of nitrogens with zero attached hydrogens (tertiary/aromatic N) is 5. The minimum absolute atomic E-state index is 0.0123. The van der Waals surface area contributed by atoms with E-state index in [2.05, 4.69) is 35.8 Å². The number of rotatable bonds is 7. The zero-order valence-electron chi connectivity index (χ0n) is 25.3. The Hall–Kier alpha value is -4.67. The number of hydrogen-bond acceptors (Lipinski definition) is 9. The highest BCUT2D eigenvalue weighted by Gasteiger charge is 2.41. The average molecular weight is 655 g/mol. The van der Waals surface area contributed by atoms with E-state index in [-0.39, 0.29) is 35.9 Å². The fraction of sp³-hybridized carbons (Fsp3) is 0.333. The molecule has 0 atom stereocenters. The lowest BCUT2D eigenvalue weighted by molar-refractivity contribution is 0.0988. The molecule has 0 radical (unpaired) electrons. The molecule has 6 rings (SSSR count). The molecule has 1 fully saturated rings. The third kappa shape index (κ3) is 6.10. The molecule has 1 saturated heterocycles. The largest absolute Gasteiger partial charge is 0.369 e. The highest BCUT2D eigenvalue weighted by Crippen LogP contribution is 2.38. The smallest absolute Gasteiger partial charge is 0.294 e. The molecule has 2 amide bonds. The molecule has 13 nitrogen and oxygen atoms in total. The Balaban J connectivity index is 1.30. The van der Waals surface area contributed by atoms with Gasteiger partial charge in [0.1, 0.15) is 11.6 Å². The Morgan fingerprint density at radius 2 is 1.70 bits per heavy atom. The van der Waals surface area contributed by atoms with Crippen LogP contribution in [0.15, 0.2) is 58.1 Å². The number of anilines is 3. The first-order valence-electron chi connectivity index (χ1n) is 14.5. The Bertz CT molecular complexity index is 1880. The van der Waals surface area contributed by atoms with Crippen LogP contribution in [0.25, 0.3) is 0 Å². The molecule has 0 aliphatic carbocycles. The number of hydrogen-bond donors (Lipinski definition) is 3. The van der Waals surface area contributed by atoms with Crippen LogP contribution in [-0.2, 0) is 22.0 Å². The van der Waals surface area contributed by atoms with Crippen LogP contribution in [-0.4, -0.2) is 84.6 Å². The van der Waals surface area contributed by atoms with Crippen molar-refractivity contribution in [2.45, 2.75) is 30.7 Å². The van der Waals surface area contributed by atoms with Gasteiger partial charge in [-0.25, -0.2) is 17.2 Å². The van der Waals surface area contributed by atoms with Crippen molar-refractivity contribution in [3.8, 4) is 0 Å². The number of carbonyl (C=O) groups is 2. The lowest BCUT2D eigenvalue weighted by atomic mass is 9.84. The molecule has 0 unspecified atom stereocenters. The first-order chi connectivity index (χ1) is 21.8. The van der Waals surface area contributed by atoms with Crippen LogP contribution in [0.1, 0.15) is 46.0 Å². The maximum absolute atomic E-state index is 13.9. The van der Waals surface area contributed by atoms with Crippen molar-refractivity contribution < 1.29 is 31.3 Å². The van der Waals surface area contributed by atoms with Gasteiger partial charge in [0.15, 0.2) is 5.82 Å². The maximum atomic E-state index is 13.9. The molecule has 0 spiro atoms. The van der Waals surface area contributed by atoms with E-state index in [1.54, 1.807) is 32.0 Å². The van der Waals surface area contributed by atoms with Crippen molar-refractivity contribution in [3.05, 3.63) is 82.9 Å². The molecular formula is C30H32F2N8O5S. The van der Waals surface area contributed by atoms with Gasteiger partial charge in [0.05, 0.1) is 22.3 Å². The van der Waals surface area contributed by atoms with Gasteiger partial charge in [-0.05, 0) is 37.4 Å². The molecule has 16 heteroatoms. The highest BCUT2D eigenvalue weighted by atomic mass is 32.2. The Morgan fingerprint density at radius 1 is 0.978 bits per heavy atom. The van der Waals surface area contributed by atoms with Crippen molar-refractivity contribution >= 4 is 39.0 Å². The highest BCUT2D eigenvalue weighted by molar-refractivity contribution is 7.89. The van der Waals surface area contributed by atoms with Crippen LogP contribution in [0.4, 0.5) is 26.0 Å². The third-order valence-electron chi connectivity index (χ3n) is 8.18. The number of aromatic amines is 1. The van der Waals surface area contributed by atoms with Crippen LogP contribution < -0.4 is 15.5 Å². The number of amides is 2. The number of likely N-dealkylation sites (N-methyl/N-ethyl adjacent to an activating group) is 1.